The van der Waals surface area contributed by atoms with Crippen LogP contribution in [-0.2, 0) is 16.6 Å². The summed E-state index contributed by atoms with van der Waals surface area (Å²) in [4.78, 5) is 1.24. The highest BCUT2D eigenvalue weighted by Gasteiger charge is 2.35. The molecule has 0 bridgehead atoms. The summed E-state index contributed by atoms with van der Waals surface area (Å²) >= 11 is 4.76. The summed E-state index contributed by atoms with van der Waals surface area (Å²) in [6.45, 7) is 8.25. The lowest BCUT2D eigenvalue weighted by molar-refractivity contribution is 0.154. The van der Waals surface area contributed by atoms with Crippen LogP contribution in [0, 0.1) is 11.3 Å². The number of halogens is 1. The van der Waals surface area contributed by atoms with Gasteiger partial charge in [0.25, 0.3) is 0 Å². The Balaban J connectivity index is 2.17. The number of rotatable bonds is 3. The molecule has 0 amide bonds. The quantitative estimate of drug-likeness (QED) is 0.853. The zero-order chi connectivity index (χ0) is 15.8. The molecule has 1 aromatic heterocycles. The average molecular weight is 395 g/mol. The van der Waals surface area contributed by atoms with Gasteiger partial charge in [-0.15, -0.1) is 11.3 Å². The molecule has 0 saturated carbocycles. The minimum Gasteiger partial charge on any atom is -0.326 e. The van der Waals surface area contributed by atoms with Crippen LogP contribution in [0.15, 0.2) is 14.7 Å². The van der Waals surface area contributed by atoms with Crippen LogP contribution in [0.2, 0.25) is 0 Å². The lowest BCUT2D eigenvalue weighted by atomic mass is 9.76. The Morgan fingerprint density at radius 1 is 1.38 bits per heavy atom. The SMILES string of the molecule is CC(C)(C)C1CCN(S(=O)(=O)c2cc(CN)sc2Br)CC1. The van der Waals surface area contributed by atoms with E-state index < -0.39 is 10.0 Å². The zero-order valence-corrected chi connectivity index (χ0v) is 15.9. The normalized spacial score (nSPS) is 19.1. The molecule has 4 nitrogen and oxygen atoms in total. The molecule has 2 rings (SSSR count). The Kier molecular flexibility index (Phi) is 5.20. The second-order valence-corrected chi connectivity index (χ2v) is 11.0. The fourth-order valence-corrected chi connectivity index (χ4v) is 6.76. The number of hydrogen-bond acceptors (Lipinski definition) is 4. The largest absolute Gasteiger partial charge is 0.326 e. The fourth-order valence-electron chi connectivity index (χ4n) is 2.78. The Morgan fingerprint density at radius 3 is 2.38 bits per heavy atom. The van der Waals surface area contributed by atoms with Crippen molar-refractivity contribution in [3.8, 4) is 0 Å². The van der Waals surface area contributed by atoms with Gasteiger partial charge in [0.2, 0.25) is 10.0 Å². The first kappa shape index (κ1) is 17.4. The molecular formula is C14H23BrN2O2S2. The van der Waals surface area contributed by atoms with E-state index in [1.54, 1.807) is 10.4 Å². The Bertz CT molecular complexity index is 597. The summed E-state index contributed by atoms with van der Waals surface area (Å²) in [5.41, 5.74) is 5.84. The molecule has 0 aliphatic carbocycles. The summed E-state index contributed by atoms with van der Waals surface area (Å²) in [7, 11) is -3.41. The molecule has 1 aliphatic heterocycles. The molecular weight excluding hydrogens is 372 g/mol. The molecule has 2 heterocycles. The first-order chi connectivity index (χ1) is 9.66. The van der Waals surface area contributed by atoms with Crippen molar-refractivity contribution in [1.82, 2.24) is 4.31 Å². The molecule has 0 spiro atoms. The third-order valence-corrected chi connectivity index (χ3v) is 8.38. The van der Waals surface area contributed by atoms with Gasteiger partial charge >= 0.3 is 0 Å². The average Bonchev–Trinajstić information content (AvgIpc) is 2.80. The highest BCUT2D eigenvalue weighted by molar-refractivity contribution is 9.11. The van der Waals surface area contributed by atoms with Crippen LogP contribution in [-0.4, -0.2) is 25.8 Å². The maximum absolute atomic E-state index is 12.8. The Morgan fingerprint density at radius 2 is 1.95 bits per heavy atom. The summed E-state index contributed by atoms with van der Waals surface area (Å²) in [5, 5.41) is 0. The van der Waals surface area contributed by atoms with E-state index in [9.17, 15) is 8.42 Å². The summed E-state index contributed by atoms with van der Waals surface area (Å²) < 4.78 is 27.8. The van der Waals surface area contributed by atoms with Gasteiger partial charge in [-0.2, -0.15) is 4.31 Å². The van der Waals surface area contributed by atoms with Crippen molar-refractivity contribution in [2.45, 2.75) is 45.1 Å². The fraction of sp³-hybridized carbons (Fsp3) is 0.714. The molecule has 7 heteroatoms. The minimum absolute atomic E-state index is 0.242. The van der Waals surface area contributed by atoms with Crippen molar-refractivity contribution in [3.05, 3.63) is 14.7 Å². The maximum Gasteiger partial charge on any atom is 0.245 e. The maximum atomic E-state index is 12.8. The topological polar surface area (TPSA) is 63.4 Å². The second-order valence-electron chi connectivity index (χ2n) is 6.60. The lowest BCUT2D eigenvalue weighted by Crippen LogP contribution is -2.41. The third kappa shape index (κ3) is 3.69. The van der Waals surface area contributed by atoms with Crippen molar-refractivity contribution in [1.29, 1.82) is 0 Å². The van der Waals surface area contributed by atoms with Crippen molar-refractivity contribution in [3.63, 3.8) is 0 Å². The van der Waals surface area contributed by atoms with Crippen LogP contribution in [0.1, 0.15) is 38.5 Å². The minimum atomic E-state index is -3.41. The molecule has 1 aliphatic rings. The number of nitrogens with zero attached hydrogens (tertiary/aromatic N) is 1. The predicted octanol–water partition coefficient (Wildman–Crippen LogP) is 3.42. The number of piperidine rings is 1. The predicted molar refractivity (Wildman–Crippen MR) is 90.8 cm³/mol. The monoisotopic (exact) mass is 394 g/mol. The number of nitrogens with two attached hydrogens (primary N) is 1. The molecule has 2 N–H and O–H groups in total. The van der Waals surface area contributed by atoms with Crippen LogP contribution >= 0.6 is 27.3 Å². The van der Waals surface area contributed by atoms with E-state index in [2.05, 4.69) is 36.7 Å². The van der Waals surface area contributed by atoms with Gasteiger partial charge in [-0.25, -0.2) is 8.42 Å². The van der Waals surface area contributed by atoms with Gasteiger partial charge in [-0.05, 0) is 46.2 Å². The van der Waals surface area contributed by atoms with Crippen LogP contribution < -0.4 is 5.73 Å². The molecule has 0 radical (unpaired) electrons. The number of sulfonamides is 1. The zero-order valence-electron chi connectivity index (χ0n) is 12.7. The molecule has 1 aromatic rings. The number of hydrogen-bond donors (Lipinski definition) is 1. The van der Waals surface area contributed by atoms with Gasteiger partial charge in [0, 0.05) is 24.5 Å². The Hall–Kier alpha value is 0.0500. The lowest BCUT2D eigenvalue weighted by Gasteiger charge is -2.38. The van der Waals surface area contributed by atoms with Crippen molar-refractivity contribution in [2.24, 2.45) is 17.1 Å². The molecule has 1 fully saturated rings. The number of thiophene rings is 1. The third-order valence-electron chi connectivity index (χ3n) is 4.20. The van der Waals surface area contributed by atoms with E-state index in [4.69, 9.17) is 5.73 Å². The van der Waals surface area contributed by atoms with E-state index in [1.807, 2.05) is 0 Å². The first-order valence-corrected chi connectivity index (χ1v) is 10.2. The smallest absolute Gasteiger partial charge is 0.245 e. The van der Waals surface area contributed by atoms with Crippen molar-refractivity contribution < 1.29 is 8.42 Å². The molecule has 0 atom stereocenters. The van der Waals surface area contributed by atoms with E-state index in [1.165, 1.54) is 11.3 Å². The van der Waals surface area contributed by atoms with Gasteiger partial charge in [-0.1, -0.05) is 20.8 Å². The van der Waals surface area contributed by atoms with Crippen molar-refractivity contribution >= 4 is 37.3 Å². The second kappa shape index (κ2) is 6.28. The Labute approximate surface area is 139 Å². The van der Waals surface area contributed by atoms with Crippen LogP contribution in [0.4, 0.5) is 0 Å². The molecule has 120 valence electrons. The molecule has 1 saturated heterocycles. The summed E-state index contributed by atoms with van der Waals surface area (Å²) in [5.74, 6) is 0.578. The van der Waals surface area contributed by atoms with Gasteiger partial charge in [0.15, 0.2) is 0 Å². The van der Waals surface area contributed by atoms with Gasteiger partial charge in [0.1, 0.15) is 4.90 Å². The van der Waals surface area contributed by atoms with E-state index in [0.717, 1.165) is 17.7 Å². The van der Waals surface area contributed by atoms with Crippen LogP contribution in [0.5, 0.6) is 0 Å². The van der Waals surface area contributed by atoms with Crippen LogP contribution in [0.25, 0.3) is 0 Å². The first-order valence-electron chi connectivity index (χ1n) is 7.14. The van der Waals surface area contributed by atoms with E-state index >= 15 is 0 Å². The highest BCUT2D eigenvalue weighted by Crippen LogP contribution is 2.38. The highest BCUT2D eigenvalue weighted by atomic mass is 79.9. The summed E-state index contributed by atoms with van der Waals surface area (Å²) in [6.07, 6.45) is 1.85. The van der Waals surface area contributed by atoms with Gasteiger partial charge in [-0.3, -0.25) is 0 Å². The van der Waals surface area contributed by atoms with E-state index in [0.29, 0.717) is 34.2 Å². The van der Waals surface area contributed by atoms with Gasteiger partial charge < -0.3 is 5.73 Å². The summed E-state index contributed by atoms with van der Waals surface area (Å²) in [6, 6.07) is 1.69. The van der Waals surface area contributed by atoms with Gasteiger partial charge in [0.05, 0.1) is 3.79 Å². The standard InChI is InChI=1S/C14H23BrN2O2S2/c1-14(2,3)10-4-6-17(7-5-10)21(18,19)12-8-11(9-16)20-13(12)15/h8,10H,4-7,9,16H2,1-3H3. The molecule has 21 heavy (non-hydrogen) atoms. The molecule has 0 unspecified atom stereocenters. The molecule has 0 aromatic carbocycles. The van der Waals surface area contributed by atoms with Crippen LogP contribution in [0.3, 0.4) is 0 Å². The van der Waals surface area contributed by atoms with Crippen molar-refractivity contribution in [2.75, 3.05) is 13.1 Å². The van der Waals surface area contributed by atoms with E-state index in [-0.39, 0.29) is 5.41 Å².